The zero-order valence-corrected chi connectivity index (χ0v) is 16.6. The number of nitro groups is 1. The number of hydrogen-bond donors (Lipinski definition) is 1. The highest BCUT2D eigenvalue weighted by Gasteiger charge is 2.20. The Hall–Kier alpha value is -4.33. The van der Waals surface area contributed by atoms with Crippen molar-refractivity contribution in [3.63, 3.8) is 0 Å². The zero-order chi connectivity index (χ0) is 21.8. The van der Waals surface area contributed by atoms with Crippen LogP contribution in [0.3, 0.4) is 0 Å². The Bertz CT molecular complexity index is 1250. The number of nitrogens with one attached hydrogen (secondary N) is 1. The predicted molar refractivity (Wildman–Crippen MR) is 115 cm³/mol. The number of nitro benzene ring substituents is 1. The molecule has 0 aliphatic heterocycles. The van der Waals surface area contributed by atoms with Crippen LogP contribution in [-0.4, -0.2) is 21.0 Å². The van der Waals surface area contributed by atoms with E-state index < -0.39 is 10.8 Å². The molecule has 154 valence electrons. The van der Waals surface area contributed by atoms with E-state index in [1.165, 1.54) is 12.1 Å². The van der Waals surface area contributed by atoms with Gasteiger partial charge in [-0.2, -0.15) is 4.98 Å². The van der Waals surface area contributed by atoms with Crippen molar-refractivity contribution < 1.29 is 14.2 Å². The molecule has 0 aliphatic rings. The van der Waals surface area contributed by atoms with Gasteiger partial charge in [0.1, 0.15) is 0 Å². The molecule has 0 atom stereocenters. The summed E-state index contributed by atoms with van der Waals surface area (Å²) >= 11 is 0. The molecule has 8 nitrogen and oxygen atoms in total. The molecule has 0 saturated carbocycles. The Morgan fingerprint density at radius 3 is 2.55 bits per heavy atom. The quantitative estimate of drug-likeness (QED) is 0.358. The first kappa shape index (κ1) is 20.0. The molecule has 8 heteroatoms. The highest BCUT2D eigenvalue weighted by molar-refractivity contribution is 6.07. The van der Waals surface area contributed by atoms with Gasteiger partial charge in [-0.1, -0.05) is 53.7 Å². The first-order valence-electron chi connectivity index (χ1n) is 9.54. The van der Waals surface area contributed by atoms with Crippen LogP contribution in [0, 0.1) is 17.0 Å². The summed E-state index contributed by atoms with van der Waals surface area (Å²) in [6, 6.07) is 21.2. The Labute approximate surface area is 177 Å². The van der Waals surface area contributed by atoms with E-state index in [-0.39, 0.29) is 17.1 Å². The molecule has 0 unspecified atom stereocenters. The average Bonchev–Trinajstić information content (AvgIpc) is 3.23. The second kappa shape index (κ2) is 8.58. The third-order valence-electron chi connectivity index (χ3n) is 4.83. The molecular weight excluding hydrogens is 396 g/mol. The molecule has 0 aliphatic carbocycles. The molecule has 0 spiro atoms. The number of aromatic nitrogens is 2. The van der Waals surface area contributed by atoms with Gasteiger partial charge in [-0.25, -0.2) is 0 Å². The Balaban J connectivity index is 1.59. The van der Waals surface area contributed by atoms with Crippen molar-refractivity contribution in [3.05, 3.63) is 105 Å². The van der Waals surface area contributed by atoms with Crippen LogP contribution in [0.2, 0.25) is 0 Å². The Kier molecular flexibility index (Phi) is 5.53. The molecule has 1 aromatic heterocycles. The van der Waals surface area contributed by atoms with Gasteiger partial charge in [0.15, 0.2) is 5.82 Å². The van der Waals surface area contributed by atoms with E-state index in [0.717, 1.165) is 5.56 Å². The van der Waals surface area contributed by atoms with E-state index >= 15 is 0 Å². The van der Waals surface area contributed by atoms with Gasteiger partial charge in [-0.05, 0) is 30.7 Å². The van der Waals surface area contributed by atoms with Crippen LogP contribution in [0.25, 0.3) is 11.5 Å². The summed E-state index contributed by atoms with van der Waals surface area (Å²) < 4.78 is 5.42. The number of amides is 1. The summed E-state index contributed by atoms with van der Waals surface area (Å²) in [5.74, 6) is 0.340. The monoisotopic (exact) mass is 414 g/mol. The molecule has 0 radical (unpaired) electrons. The summed E-state index contributed by atoms with van der Waals surface area (Å²) in [4.78, 5) is 28.0. The third kappa shape index (κ3) is 4.32. The number of anilines is 1. The Morgan fingerprint density at radius 2 is 1.77 bits per heavy atom. The van der Waals surface area contributed by atoms with Crippen molar-refractivity contribution in [2.75, 3.05) is 5.32 Å². The summed E-state index contributed by atoms with van der Waals surface area (Å²) in [6.07, 6.45) is 0.520. The van der Waals surface area contributed by atoms with E-state index in [9.17, 15) is 14.9 Å². The van der Waals surface area contributed by atoms with E-state index in [1.54, 1.807) is 37.3 Å². The molecule has 0 saturated heterocycles. The smallest absolute Gasteiger partial charge is 0.273 e. The minimum Gasteiger partial charge on any atom is -0.334 e. The van der Waals surface area contributed by atoms with Gasteiger partial charge in [-0.3, -0.25) is 14.9 Å². The van der Waals surface area contributed by atoms with Crippen LogP contribution in [0.5, 0.6) is 0 Å². The third-order valence-corrected chi connectivity index (χ3v) is 4.83. The van der Waals surface area contributed by atoms with Gasteiger partial charge in [0.2, 0.25) is 0 Å². The predicted octanol–water partition coefficient (Wildman–Crippen LogP) is 4.80. The highest BCUT2D eigenvalue weighted by Crippen LogP contribution is 2.28. The fourth-order valence-corrected chi connectivity index (χ4v) is 3.25. The molecule has 31 heavy (non-hydrogen) atoms. The Morgan fingerprint density at radius 1 is 1.03 bits per heavy atom. The van der Waals surface area contributed by atoms with Crippen molar-refractivity contribution in [2.45, 2.75) is 13.3 Å². The SMILES string of the molecule is Cc1c(C(=O)Nc2ccccc2-c2nc(Cc3ccccc3)no2)cccc1[N+](=O)[O-]. The average molecular weight is 414 g/mol. The van der Waals surface area contributed by atoms with E-state index in [4.69, 9.17) is 4.52 Å². The van der Waals surface area contributed by atoms with Crippen LogP contribution in [-0.2, 0) is 6.42 Å². The van der Waals surface area contributed by atoms with Crippen molar-refractivity contribution in [3.8, 4) is 11.5 Å². The van der Waals surface area contributed by atoms with Crippen LogP contribution in [0.15, 0.2) is 77.3 Å². The number of rotatable bonds is 6. The van der Waals surface area contributed by atoms with Gasteiger partial charge in [0.25, 0.3) is 17.5 Å². The number of carbonyl (C=O) groups is 1. The standard InChI is InChI=1S/C23H18N4O4/c1-15-17(11-7-13-20(15)27(29)30)22(28)24-19-12-6-5-10-18(19)23-25-21(26-31-23)14-16-8-3-2-4-9-16/h2-13H,14H2,1H3,(H,24,28). The fraction of sp³-hybridized carbons (Fsp3) is 0.0870. The van der Waals surface area contributed by atoms with Crippen LogP contribution in [0.4, 0.5) is 11.4 Å². The number of benzene rings is 3. The lowest BCUT2D eigenvalue weighted by Crippen LogP contribution is -2.14. The topological polar surface area (TPSA) is 111 Å². The van der Waals surface area contributed by atoms with E-state index in [1.807, 2.05) is 30.3 Å². The number of carbonyl (C=O) groups excluding carboxylic acids is 1. The molecule has 1 N–H and O–H groups in total. The van der Waals surface area contributed by atoms with Gasteiger partial charge in [0.05, 0.1) is 16.2 Å². The zero-order valence-electron chi connectivity index (χ0n) is 16.6. The van der Waals surface area contributed by atoms with E-state index in [2.05, 4.69) is 15.5 Å². The maximum Gasteiger partial charge on any atom is 0.273 e. The number of hydrogen-bond acceptors (Lipinski definition) is 6. The molecule has 0 bridgehead atoms. The van der Waals surface area contributed by atoms with Crippen molar-refractivity contribution in [1.82, 2.24) is 10.1 Å². The van der Waals surface area contributed by atoms with Gasteiger partial charge >= 0.3 is 0 Å². The number of nitrogens with zero attached hydrogens (tertiary/aromatic N) is 3. The number of para-hydroxylation sites is 1. The molecule has 3 aromatic carbocycles. The lowest BCUT2D eigenvalue weighted by molar-refractivity contribution is -0.385. The molecule has 4 aromatic rings. The van der Waals surface area contributed by atoms with Crippen molar-refractivity contribution >= 4 is 17.3 Å². The second-order valence-corrected chi connectivity index (χ2v) is 6.88. The maximum absolute atomic E-state index is 12.8. The first-order chi connectivity index (χ1) is 15.0. The van der Waals surface area contributed by atoms with Crippen molar-refractivity contribution in [1.29, 1.82) is 0 Å². The van der Waals surface area contributed by atoms with Crippen molar-refractivity contribution in [2.24, 2.45) is 0 Å². The lowest BCUT2D eigenvalue weighted by Gasteiger charge is -2.10. The summed E-state index contributed by atoms with van der Waals surface area (Å²) in [5, 5.41) is 18.0. The largest absolute Gasteiger partial charge is 0.334 e. The minimum absolute atomic E-state index is 0.108. The molecule has 1 heterocycles. The molecule has 1 amide bonds. The van der Waals surface area contributed by atoms with Crippen LogP contribution < -0.4 is 5.32 Å². The van der Waals surface area contributed by atoms with Crippen LogP contribution >= 0.6 is 0 Å². The van der Waals surface area contributed by atoms with Gasteiger partial charge in [0, 0.05) is 23.6 Å². The first-order valence-corrected chi connectivity index (χ1v) is 9.54. The molecule has 4 rings (SSSR count). The maximum atomic E-state index is 12.8. The lowest BCUT2D eigenvalue weighted by atomic mass is 10.1. The molecular formula is C23H18N4O4. The fourth-order valence-electron chi connectivity index (χ4n) is 3.25. The normalized spacial score (nSPS) is 10.6. The van der Waals surface area contributed by atoms with Gasteiger partial charge < -0.3 is 9.84 Å². The summed E-state index contributed by atoms with van der Waals surface area (Å²) in [7, 11) is 0. The van der Waals surface area contributed by atoms with Gasteiger partial charge in [-0.15, -0.1) is 0 Å². The second-order valence-electron chi connectivity index (χ2n) is 6.88. The minimum atomic E-state index is -0.507. The molecule has 0 fully saturated rings. The summed E-state index contributed by atoms with van der Waals surface area (Å²) in [6.45, 7) is 1.55. The highest BCUT2D eigenvalue weighted by atomic mass is 16.6. The summed E-state index contributed by atoms with van der Waals surface area (Å²) in [5.41, 5.74) is 2.49. The van der Waals surface area contributed by atoms with E-state index in [0.29, 0.717) is 29.1 Å². The van der Waals surface area contributed by atoms with Crippen LogP contribution in [0.1, 0.15) is 27.3 Å².